The second-order valence-electron chi connectivity index (χ2n) is 3.32. The summed E-state index contributed by atoms with van der Waals surface area (Å²) in [5.74, 6) is -1.40. The number of carboxylic acids is 1. The zero-order valence-electron chi connectivity index (χ0n) is 8.75. The molecule has 5 atom stereocenters. The summed E-state index contributed by atoms with van der Waals surface area (Å²) in [5, 5.41) is 62.4. The monoisotopic (exact) mass is 256 g/mol. The SMILES string of the molecule is O=C(O)COC(O)[C@H](O)[C@@H](O)[C@H](O)[C@H](O)CO. The van der Waals surface area contributed by atoms with Gasteiger partial charge in [-0.2, -0.15) is 0 Å². The molecule has 0 rings (SSSR count). The van der Waals surface area contributed by atoms with Crippen LogP contribution in [0.4, 0.5) is 0 Å². The van der Waals surface area contributed by atoms with Crippen LogP contribution in [-0.2, 0) is 9.53 Å². The van der Waals surface area contributed by atoms with Crippen LogP contribution in [0.3, 0.4) is 0 Å². The number of aliphatic carboxylic acids is 1. The van der Waals surface area contributed by atoms with Crippen molar-refractivity contribution >= 4 is 5.97 Å². The first-order chi connectivity index (χ1) is 7.81. The summed E-state index contributed by atoms with van der Waals surface area (Å²) in [7, 11) is 0. The Kier molecular flexibility index (Phi) is 7.15. The van der Waals surface area contributed by atoms with Gasteiger partial charge in [0, 0.05) is 0 Å². The number of carboxylic acid groups (broad SMARTS) is 1. The Labute approximate surface area is 96.1 Å². The minimum absolute atomic E-state index is 0.864. The first-order valence-corrected chi connectivity index (χ1v) is 4.65. The van der Waals surface area contributed by atoms with Crippen LogP contribution in [0.15, 0.2) is 0 Å². The Morgan fingerprint density at radius 1 is 1.00 bits per heavy atom. The van der Waals surface area contributed by atoms with E-state index in [0.717, 1.165) is 0 Å². The molecule has 9 heteroatoms. The van der Waals surface area contributed by atoms with Crippen LogP contribution in [0.5, 0.6) is 0 Å². The largest absolute Gasteiger partial charge is 0.480 e. The van der Waals surface area contributed by atoms with Crippen molar-refractivity contribution in [1.29, 1.82) is 0 Å². The molecule has 0 spiro atoms. The molecule has 1 unspecified atom stereocenters. The lowest BCUT2D eigenvalue weighted by Gasteiger charge is -2.27. The summed E-state index contributed by atoms with van der Waals surface area (Å²) in [6.07, 6.45) is -9.74. The van der Waals surface area contributed by atoms with Gasteiger partial charge in [-0.15, -0.1) is 0 Å². The van der Waals surface area contributed by atoms with E-state index >= 15 is 0 Å². The average molecular weight is 256 g/mol. The summed E-state index contributed by atoms with van der Waals surface area (Å²) in [6, 6.07) is 0. The third kappa shape index (κ3) is 5.37. The minimum Gasteiger partial charge on any atom is -0.480 e. The van der Waals surface area contributed by atoms with Crippen molar-refractivity contribution in [2.45, 2.75) is 30.7 Å². The fourth-order valence-corrected chi connectivity index (χ4v) is 0.962. The molecule has 0 aliphatic heterocycles. The highest BCUT2D eigenvalue weighted by Crippen LogP contribution is 2.09. The lowest BCUT2D eigenvalue weighted by atomic mass is 10.0. The van der Waals surface area contributed by atoms with Crippen LogP contribution in [-0.4, -0.2) is 85.6 Å². The predicted octanol–water partition coefficient (Wildman–Crippen LogP) is -4.16. The van der Waals surface area contributed by atoms with Gasteiger partial charge in [-0.25, -0.2) is 4.79 Å². The van der Waals surface area contributed by atoms with Gasteiger partial charge in [-0.1, -0.05) is 0 Å². The number of carbonyl (C=O) groups is 1. The van der Waals surface area contributed by atoms with Crippen LogP contribution in [0, 0.1) is 0 Å². The molecule has 0 aliphatic rings. The van der Waals surface area contributed by atoms with Gasteiger partial charge in [0.15, 0.2) is 6.29 Å². The maximum Gasteiger partial charge on any atom is 0.329 e. The van der Waals surface area contributed by atoms with Crippen molar-refractivity contribution in [2.24, 2.45) is 0 Å². The number of ether oxygens (including phenoxy) is 1. The van der Waals surface area contributed by atoms with Gasteiger partial charge in [-0.05, 0) is 0 Å². The van der Waals surface area contributed by atoms with Gasteiger partial charge in [0.05, 0.1) is 6.61 Å². The summed E-state index contributed by atoms with van der Waals surface area (Å²) in [4.78, 5) is 10.1. The van der Waals surface area contributed by atoms with Gasteiger partial charge >= 0.3 is 5.97 Å². The standard InChI is InChI=1S/C8H16O9/c9-1-3(10)5(13)6(14)7(15)8(16)17-2-4(11)12/h3,5-10,13-16H,1-2H2,(H,11,12)/t3-,5-,6+,7-,8?/m1/s1. The second kappa shape index (κ2) is 7.50. The first-order valence-electron chi connectivity index (χ1n) is 4.65. The van der Waals surface area contributed by atoms with Crippen molar-refractivity contribution in [3.63, 3.8) is 0 Å². The van der Waals surface area contributed by atoms with Gasteiger partial charge < -0.3 is 40.5 Å². The lowest BCUT2D eigenvalue weighted by Crippen LogP contribution is -2.50. The van der Waals surface area contributed by atoms with E-state index in [0.29, 0.717) is 0 Å². The topological polar surface area (TPSA) is 168 Å². The maximum absolute atomic E-state index is 10.1. The molecule has 9 nitrogen and oxygen atoms in total. The fraction of sp³-hybridized carbons (Fsp3) is 0.875. The molecule has 0 fully saturated rings. The molecule has 0 saturated heterocycles. The molecule has 0 heterocycles. The molecule has 0 radical (unpaired) electrons. The van der Waals surface area contributed by atoms with E-state index in [4.69, 9.17) is 20.4 Å². The van der Waals surface area contributed by atoms with Crippen molar-refractivity contribution in [1.82, 2.24) is 0 Å². The van der Waals surface area contributed by atoms with Crippen LogP contribution < -0.4 is 0 Å². The quantitative estimate of drug-likeness (QED) is 0.213. The third-order valence-corrected chi connectivity index (χ3v) is 1.95. The Hall–Kier alpha value is -0.810. The predicted molar refractivity (Wildman–Crippen MR) is 50.7 cm³/mol. The summed E-state index contributed by atoms with van der Waals surface area (Å²) < 4.78 is 4.24. The molecule has 17 heavy (non-hydrogen) atoms. The van der Waals surface area contributed by atoms with Crippen molar-refractivity contribution in [3.8, 4) is 0 Å². The molecule has 0 aromatic carbocycles. The number of aliphatic hydroxyl groups excluding tert-OH is 6. The van der Waals surface area contributed by atoms with Crippen LogP contribution in [0.25, 0.3) is 0 Å². The number of aliphatic hydroxyl groups is 6. The highest BCUT2D eigenvalue weighted by molar-refractivity contribution is 5.68. The van der Waals surface area contributed by atoms with Gasteiger partial charge in [0.1, 0.15) is 31.0 Å². The van der Waals surface area contributed by atoms with E-state index in [1.165, 1.54) is 0 Å². The van der Waals surface area contributed by atoms with Gasteiger partial charge in [-0.3, -0.25) is 0 Å². The van der Waals surface area contributed by atoms with E-state index in [9.17, 15) is 20.1 Å². The zero-order chi connectivity index (χ0) is 13.6. The van der Waals surface area contributed by atoms with Gasteiger partial charge in [0.2, 0.25) is 0 Å². The maximum atomic E-state index is 10.1. The van der Waals surface area contributed by atoms with E-state index in [-0.39, 0.29) is 0 Å². The number of hydrogen-bond donors (Lipinski definition) is 7. The normalized spacial score (nSPS) is 20.4. The Balaban J connectivity index is 4.27. The molecule has 0 aromatic rings. The average Bonchev–Trinajstić information content (AvgIpc) is 2.31. The Morgan fingerprint density at radius 2 is 1.53 bits per heavy atom. The van der Waals surface area contributed by atoms with Crippen molar-refractivity contribution in [2.75, 3.05) is 13.2 Å². The minimum atomic E-state index is -2.05. The summed E-state index contributed by atoms with van der Waals surface area (Å²) >= 11 is 0. The molecule has 0 saturated carbocycles. The first kappa shape index (κ1) is 16.2. The number of hydrogen-bond acceptors (Lipinski definition) is 8. The van der Waals surface area contributed by atoms with Crippen molar-refractivity contribution in [3.05, 3.63) is 0 Å². The Bertz CT molecular complexity index is 233. The molecule has 0 aliphatic carbocycles. The van der Waals surface area contributed by atoms with Crippen LogP contribution in [0.1, 0.15) is 0 Å². The molecule has 0 aromatic heterocycles. The number of rotatable bonds is 8. The molecule has 0 bridgehead atoms. The van der Waals surface area contributed by atoms with Crippen LogP contribution in [0.2, 0.25) is 0 Å². The molecular formula is C8H16O9. The van der Waals surface area contributed by atoms with Crippen LogP contribution >= 0.6 is 0 Å². The van der Waals surface area contributed by atoms with E-state index < -0.39 is 49.9 Å². The smallest absolute Gasteiger partial charge is 0.329 e. The van der Waals surface area contributed by atoms with Gasteiger partial charge in [0.25, 0.3) is 0 Å². The highest BCUT2D eigenvalue weighted by Gasteiger charge is 2.34. The lowest BCUT2D eigenvalue weighted by molar-refractivity contribution is -0.214. The molecule has 7 N–H and O–H groups in total. The molecule has 0 amide bonds. The second-order valence-corrected chi connectivity index (χ2v) is 3.32. The highest BCUT2D eigenvalue weighted by atomic mass is 16.6. The third-order valence-electron chi connectivity index (χ3n) is 1.95. The molecule has 102 valence electrons. The van der Waals surface area contributed by atoms with E-state index in [1.54, 1.807) is 0 Å². The summed E-state index contributed by atoms with van der Waals surface area (Å²) in [6.45, 7) is -1.78. The zero-order valence-corrected chi connectivity index (χ0v) is 8.75. The fourth-order valence-electron chi connectivity index (χ4n) is 0.962. The van der Waals surface area contributed by atoms with E-state index in [1.807, 2.05) is 0 Å². The molecular weight excluding hydrogens is 240 g/mol. The summed E-state index contributed by atoms with van der Waals surface area (Å²) in [5.41, 5.74) is 0. The van der Waals surface area contributed by atoms with Crippen molar-refractivity contribution < 1.29 is 45.3 Å². The van der Waals surface area contributed by atoms with E-state index in [2.05, 4.69) is 4.74 Å². The Morgan fingerprint density at radius 3 is 1.94 bits per heavy atom.